The van der Waals surface area contributed by atoms with E-state index in [0.717, 1.165) is 9.94 Å². The minimum absolute atomic E-state index is 0.0937. The van der Waals surface area contributed by atoms with Crippen molar-refractivity contribution in [3.63, 3.8) is 0 Å². The summed E-state index contributed by atoms with van der Waals surface area (Å²) in [5.41, 5.74) is 2.08. The molecule has 0 radical (unpaired) electrons. The molecule has 222 valence electrons. The number of carbonyl (C=O) groups excluding carboxylic acids is 4. The number of likely N-dealkylation sites (tertiary alicyclic amines) is 1. The molecule has 11 nitrogen and oxygen atoms in total. The Morgan fingerprint density at radius 3 is 2.49 bits per heavy atom. The minimum atomic E-state index is -5.15. The molecule has 3 aromatic heterocycles. The smallest absolute Gasteiger partial charge is 0.361 e. The maximum atomic E-state index is 13.0. The molecule has 15 heteroatoms. The van der Waals surface area contributed by atoms with Gasteiger partial charge in [0.25, 0.3) is 0 Å². The number of nitrogens with zero attached hydrogens (tertiary/aromatic N) is 5. The molecule has 2 unspecified atom stereocenters. The van der Waals surface area contributed by atoms with Gasteiger partial charge in [-0.1, -0.05) is 13.8 Å². The second-order valence-electron chi connectivity index (χ2n) is 11.4. The number of nitrogens with one attached hydrogen (secondary N) is 1. The van der Waals surface area contributed by atoms with Crippen molar-refractivity contribution in [3.05, 3.63) is 40.7 Å². The van der Waals surface area contributed by atoms with Crippen LogP contribution in [0.3, 0.4) is 0 Å². The number of carbonyl (C=O) groups is 4. The van der Waals surface area contributed by atoms with Crippen molar-refractivity contribution in [2.24, 2.45) is 23.2 Å². The molecule has 2 aliphatic heterocycles. The van der Waals surface area contributed by atoms with Crippen LogP contribution in [-0.2, 0) is 30.6 Å². The highest BCUT2D eigenvalue weighted by atomic mass is 32.1. The van der Waals surface area contributed by atoms with Gasteiger partial charge >= 0.3 is 12.1 Å². The maximum Gasteiger partial charge on any atom is 0.492 e. The van der Waals surface area contributed by atoms with Gasteiger partial charge in [0.1, 0.15) is 11.8 Å². The van der Waals surface area contributed by atoms with Crippen molar-refractivity contribution >= 4 is 50.9 Å². The van der Waals surface area contributed by atoms with Crippen LogP contribution in [0.1, 0.15) is 30.1 Å². The molecule has 1 aliphatic carbocycles. The summed E-state index contributed by atoms with van der Waals surface area (Å²) < 4.78 is 38.1. The lowest BCUT2D eigenvalue weighted by Crippen LogP contribution is -2.53. The quantitative estimate of drug-likeness (QED) is 0.413. The first-order valence-corrected chi connectivity index (χ1v) is 14.0. The summed E-state index contributed by atoms with van der Waals surface area (Å²) >= 11 is 1.33. The summed E-state index contributed by atoms with van der Waals surface area (Å²) in [6, 6.07) is 7.01. The number of rotatable bonds is 6. The molecular weight excluding hydrogens is 589 g/mol. The number of hydrogen-bond donors (Lipinski definition) is 1. The van der Waals surface area contributed by atoms with Crippen LogP contribution in [0.15, 0.2) is 24.4 Å². The van der Waals surface area contributed by atoms with Crippen molar-refractivity contribution in [1.29, 1.82) is 5.26 Å². The molecule has 3 amide bonds. The zero-order valence-corrected chi connectivity index (χ0v) is 23.8. The number of imide groups is 1. The minimum Gasteiger partial charge on any atom is -0.361 e. The summed E-state index contributed by atoms with van der Waals surface area (Å²) in [5.74, 6) is -4.60. The molecule has 1 N–H and O–H groups in total. The SMILES string of the molecule is Cc1nc(C#N)cc(-c2ccnc3cc(CN4C(=O)C5C(C4=O)C5(C)C)sc23)c1NC(=O)C1CN(OC(=O)C(F)(F)F)C1. The third-order valence-electron chi connectivity index (χ3n) is 8.18. The fourth-order valence-corrected chi connectivity index (χ4v) is 6.90. The molecule has 5 heterocycles. The Morgan fingerprint density at radius 2 is 1.86 bits per heavy atom. The molecule has 0 spiro atoms. The number of hydroxylamine groups is 2. The van der Waals surface area contributed by atoms with E-state index in [0.29, 0.717) is 32.7 Å². The number of anilines is 1. The topological polar surface area (TPSA) is 146 Å². The standard InChI is InChI=1S/C28H23F3N6O5S/c1-12-21(35-23(38)13-9-36(10-13)42-26(41)28(29,30)31)17(6-14(8-32)34-12)16-4-5-33-18-7-15(43-22(16)18)11-37-24(39)19-20(25(37)40)27(19,2)3/h4-7,13,19-20H,9-11H2,1-3H3,(H,35,38). The molecule has 3 aliphatic rings. The number of nitriles is 1. The van der Waals surface area contributed by atoms with Crippen molar-refractivity contribution in [1.82, 2.24) is 19.9 Å². The number of aromatic nitrogens is 2. The van der Waals surface area contributed by atoms with Crippen molar-refractivity contribution in [2.75, 3.05) is 18.4 Å². The van der Waals surface area contributed by atoms with Gasteiger partial charge in [-0.2, -0.15) is 18.4 Å². The number of piperidine rings is 1. The zero-order chi connectivity index (χ0) is 31.0. The fourth-order valence-electron chi connectivity index (χ4n) is 5.77. The van der Waals surface area contributed by atoms with Crippen LogP contribution in [0.5, 0.6) is 0 Å². The Labute approximate surface area is 246 Å². The van der Waals surface area contributed by atoms with E-state index < -0.39 is 24.0 Å². The van der Waals surface area contributed by atoms with E-state index in [1.807, 2.05) is 19.9 Å². The predicted molar refractivity (Wildman–Crippen MR) is 144 cm³/mol. The third kappa shape index (κ3) is 4.80. The van der Waals surface area contributed by atoms with Crippen molar-refractivity contribution < 1.29 is 37.2 Å². The van der Waals surface area contributed by atoms with Gasteiger partial charge in [-0.05, 0) is 30.5 Å². The van der Waals surface area contributed by atoms with E-state index in [2.05, 4.69) is 20.1 Å². The number of fused-ring (bicyclic) bond motifs is 2. The largest absolute Gasteiger partial charge is 0.492 e. The van der Waals surface area contributed by atoms with Gasteiger partial charge in [0, 0.05) is 35.3 Å². The highest BCUT2D eigenvalue weighted by molar-refractivity contribution is 7.19. The Hall–Kier alpha value is -4.42. The average molecular weight is 613 g/mol. The second-order valence-corrected chi connectivity index (χ2v) is 12.5. The average Bonchev–Trinajstić information content (AvgIpc) is 3.15. The predicted octanol–water partition coefficient (Wildman–Crippen LogP) is 3.57. The lowest BCUT2D eigenvalue weighted by molar-refractivity contribution is -0.256. The first-order valence-electron chi connectivity index (χ1n) is 13.2. The fraction of sp³-hybridized carbons (Fsp3) is 0.393. The Kier molecular flexibility index (Phi) is 6.55. The second kappa shape index (κ2) is 9.81. The summed E-state index contributed by atoms with van der Waals surface area (Å²) in [5, 5.41) is 13.1. The molecule has 1 saturated carbocycles. The monoisotopic (exact) mass is 612 g/mol. The summed E-state index contributed by atoms with van der Waals surface area (Å²) in [6.45, 7) is 5.09. The molecule has 2 saturated heterocycles. The Morgan fingerprint density at radius 1 is 1.19 bits per heavy atom. The normalized spacial score (nSPS) is 21.4. The maximum absolute atomic E-state index is 13.0. The first-order chi connectivity index (χ1) is 20.2. The number of thiophene rings is 1. The lowest BCUT2D eigenvalue weighted by atomic mass is 9.99. The van der Waals surface area contributed by atoms with E-state index in [-0.39, 0.29) is 54.4 Å². The van der Waals surface area contributed by atoms with Crippen LogP contribution < -0.4 is 5.32 Å². The van der Waals surface area contributed by atoms with Gasteiger partial charge < -0.3 is 10.2 Å². The van der Waals surface area contributed by atoms with Crippen LogP contribution in [0.2, 0.25) is 0 Å². The molecule has 0 aromatic carbocycles. The van der Waals surface area contributed by atoms with Gasteiger partial charge in [-0.15, -0.1) is 16.4 Å². The van der Waals surface area contributed by atoms with Crippen molar-refractivity contribution in [3.8, 4) is 17.2 Å². The summed E-state index contributed by atoms with van der Waals surface area (Å²) in [6.07, 6.45) is -3.59. The molecule has 3 fully saturated rings. The third-order valence-corrected chi connectivity index (χ3v) is 9.33. The van der Waals surface area contributed by atoms with Crippen LogP contribution in [0.4, 0.5) is 18.9 Å². The van der Waals surface area contributed by atoms with E-state index in [9.17, 15) is 37.6 Å². The number of aryl methyl sites for hydroxylation is 1. The number of amides is 3. The number of alkyl halides is 3. The van der Waals surface area contributed by atoms with Crippen LogP contribution in [0, 0.1) is 41.4 Å². The van der Waals surface area contributed by atoms with Crippen LogP contribution in [-0.4, -0.2) is 62.9 Å². The molecule has 3 aromatic rings. The lowest BCUT2D eigenvalue weighted by Gasteiger charge is -2.36. The highest BCUT2D eigenvalue weighted by Crippen LogP contribution is 2.63. The number of pyridine rings is 2. The number of hydrogen-bond acceptors (Lipinski definition) is 10. The molecule has 0 bridgehead atoms. The molecule has 43 heavy (non-hydrogen) atoms. The van der Waals surface area contributed by atoms with E-state index in [1.54, 1.807) is 25.3 Å². The van der Waals surface area contributed by atoms with Gasteiger partial charge in [0.2, 0.25) is 17.7 Å². The van der Waals surface area contributed by atoms with Gasteiger partial charge in [-0.3, -0.25) is 24.3 Å². The van der Waals surface area contributed by atoms with E-state index >= 15 is 0 Å². The Bertz CT molecular complexity index is 1750. The Balaban J connectivity index is 1.26. The highest BCUT2D eigenvalue weighted by Gasteiger charge is 2.72. The summed E-state index contributed by atoms with van der Waals surface area (Å²) in [4.78, 5) is 64.8. The van der Waals surface area contributed by atoms with Gasteiger partial charge in [0.15, 0.2) is 0 Å². The van der Waals surface area contributed by atoms with Crippen LogP contribution >= 0.6 is 11.3 Å². The summed E-state index contributed by atoms with van der Waals surface area (Å²) in [7, 11) is 0. The van der Waals surface area contributed by atoms with Crippen molar-refractivity contribution in [2.45, 2.75) is 33.5 Å². The van der Waals surface area contributed by atoms with Crippen LogP contribution in [0.25, 0.3) is 21.3 Å². The number of halogens is 3. The molecule has 6 rings (SSSR count). The van der Waals surface area contributed by atoms with E-state index in [1.165, 1.54) is 22.3 Å². The molecule has 2 atom stereocenters. The van der Waals surface area contributed by atoms with E-state index in [4.69, 9.17) is 0 Å². The van der Waals surface area contributed by atoms with Gasteiger partial charge in [0.05, 0.1) is 45.9 Å². The zero-order valence-electron chi connectivity index (χ0n) is 23.0. The van der Waals surface area contributed by atoms with Gasteiger partial charge in [-0.25, -0.2) is 9.78 Å². The molecular formula is C28H23F3N6O5S. The first kappa shape index (κ1) is 28.7.